The zero-order chi connectivity index (χ0) is 14.7. The van der Waals surface area contributed by atoms with Crippen LogP contribution in [0.1, 0.15) is 32.9 Å². The second-order valence-electron chi connectivity index (χ2n) is 5.48. The molecule has 2 aromatic rings. The molecule has 112 valence electrons. The van der Waals surface area contributed by atoms with Crippen LogP contribution in [0.25, 0.3) is 11.2 Å². The van der Waals surface area contributed by atoms with Gasteiger partial charge in [-0.3, -0.25) is 4.57 Å². The molecule has 2 heterocycles. The lowest BCUT2D eigenvalue weighted by Gasteiger charge is -2.08. The van der Waals surface area contributed by atoms with Crippen LogP contribution >= 0.6 is 12.2 Å². The van der Waals surface area contributed by atoms with Gasteiger partial charge in [0, 0.05) is 13.2 Å². The Labute approximate surface area is 124 Å². The van der Waals surface area contributed by atoms with Gasteiger partial charge in [0.15, 0.2) is 10.4 Å². The van der Waals surface area contributed by atoms with Gasteiger partial charge < -0.3 is 9.72 Å². The molecule has 0 aromatic carbocycles. The summed E-state index contributed by atoms with van der Waals surface area (Å²) in [6, 6.07) is 0. The maximum Gasteiger partial charge on any atom is 0.179 e. The number of aryl methyl sites for hydroxylation is 2. The monoisotopic (exact) mass is 296 g/mol. The number of aromatic nitrogens is 4. The summed E-state index contributed by atoms with van der Waals surface area (Å²) in [6.45, 7) is 11.6. The van der Waals surface area contributed by atoms with Crippen molar-refractivity contribution in [3.05, 3.63) is 10.5 Å². The van der Waals surface area contributed by atoms with E-state index in [1.54, 1.807) is 0 Å². The number of rotatable bonds is 7. The third-order valence-electron chi connectivity index (χ3n) is 3.43. The molecule has 20 heavy (non-hydrogen) atoms. The first kappa shape index (κ1) is 15.3. The van der Waals surface area contributed by atoms with Gasteiger partial charge in [0.2, 0.25) is 0 Å². The number of nitrogens with zero attached hydrogens (tertiary/aromatic N) is 3. The normalized spacial score (nSPS) is 11.8. The van der Waals surface area contributed by atoms with Crippen LogP contribution in [-0.4, -0.2) is 32.5 Å². The Kier molecular flexibility index (Phi) is 4.99. The van der Waals surface area contributed by atoms with Crippen molar-refractivity contribution in [3.63, 3.8) is 0 Å². The van der Waals surface area contributed by atoms with E-state index in [1.807, 2.05) is 11.6 Å². The van der Waals surface area contributed by atoms with E-state index in [0.29, 0.717) is 12.5 Å². The summed E-state index contributed by atoms with van der Waals surface area (Å²) in [6.07, 6.45) is 1.10. The molecule has 2 rings (SSSR count). The molecule has 0 atom stereocenters. The van der Waals surface area contributed by atoms with Crippen LogP contribution in [0.5, 0.6) is 0 Å². The highest BCUT2D eigenvalue weighted by Gasteiger charge is 2.13. The molecule has 0 spiro atoms. The smallest absolute Gasteiger partial charge is 0.179 e. The average molecular weight is 296 g/mol. The summed E-state index contributed by atoms with van der Waals surface area (Å²) in [7, 11) is 0. The van der Waals surface area contributed by atoms with Crippen molar-refractivity contribution in [2.24, 2.45) is 5.92 Å². The van der Waals surface area contributed by atoms with Crippen molar-refractivity contribution in [1.82, 2.24) is 19.3 Å². The van der Waals surface area contributed by atoms with Crippen LogP contribution in [0, 0.1) is 17.6 Å². The van der Waals surface area contributed by atoms with Crippen LogP contribution in [0.2, 0.25) is 0 Å². The SMILES string of the molecule is CCn1nc(C)c2[nH]c(=S)n(CCOCCC(C)C)c21. The van der Waals surface area contributed by atoms with E-state index in [2.05, 4.69) is 35.4 Å². The van der Waals surface area contributed by atoms with Crippen LogP contribution in [-0.2, 0) is 17.8 Å². The highest BCUT2D eigenvalue weighted by atomic mass is 32.1. The topological polar surface area (TPSA) is 47.8 Å². The molecular formula is C14H24N4OS. The number of hydrogen-bond acceptors (Lipinski definition) is 3. The minimum Gasteiger partial charge on any atom is -0.380 e. The minimum absolute atomic E-state index is 0.681. The fourth-order valence-corrected chi connectivity index (χ4v) is 2.55. The first-order valence-electron chi connectivity index (χ1n) is 7.28. The van der Waals surface area contributed by atoms with E-state index in [4.69, 9.17) is 17.0 Å². The summed E-state index contributed by atoms with van der Waals surface area (Å²) < 4.78 is 10.5. The molecule has 0 aliphatic rings. The summed E-state index contributed by atoms with van der Waals surface area (Å²) >= 11 is 5.40. The lowest BCUT2D eigenvalue weighted by molar-refractivity contribution is 0.116. The standard InChI is InChI=1S/C14H24N4OS/c1-5-18-13-12(11(4)16-18)15-14(20)17(13)7-9-19-8-6-10(2)3/h10H,5-9H2,1-4H3,(H,15,20). The first-order chi connectivity index (χ1) is 9.54. The van der Waals surface area contributed by atoms with Gasteiger partial charge in [0.05, 0.1) is 18.8 Å². The molecule has 0 saturated carbocycles. The molecule has 5 nitrogen and oxygen atoms in total. The maximum atomic E-state index is 5.69. The Bertz CT molecular complexity index is 623. The van der Waals surface area contributed by atoms with Crippen molar-refractivity contribution in [3.8, 4) is 0 Å². The number of fused-ring (bicyclic) bond motifs is 1. The molecule has 6 heteroatoms. The zero-order valence-corrected chi connectivity index (χ0v) is 13.6. The molecule has 0 unspecified atom stereocenters. The summed E-state index contributed by atoms with van der Waals surface area (Å²) in [5.74, 6) is 0.681. The van der Waals surface area contributed by atoms with Crippen molar-refractivity contribution in [1.29, 1.82) is 0 Å². The number of H-pyrrole nitrogens is 1. The molecule has 1 N–H and O–H groups in total. The van der Waals surface area contributed by atoms with E-state index >= 15 is 0 Å². The van der Waals surface area contributed by atoms with Crippen molar-refractivity contribution in [2.75, 3.05) is 13.2 Å². The van der Waals surface area contributed by atoms with Gasteiger partial charge in [0.1, 0.15) is 5.52 Å². The van der Waals surface area contributed by atoms with E-state index < -0.39 is 0 Å². The second-order valence-corrected chi connectivity index (χ2v) is 5.86. The fraction of sp³-hybridized carbons (Fsp3) is 0.714. The van der Waals surface area contributed by atoms with Crippen LogP contribution < -0.4 is 0 Å². The van der Waals surface area contributed by atoms with Crippen LogP contribution in [0.15, 0.2) is 0 Å². The Morgan fingerprint density at radius 3 is 2.75 bits per heavy atom. The van der Waals surface area contributed by atoms with Gasteiger partial charge in [-0.25, -0.2) is 4.68 Å². The van der Waals surface area contributed by atoms with Gasteiger partial charge in [-0.1, -0.05) is 13.8 Å². The largest absolute Gasteiger partial charge is 0.380 e. The van der Waals surface area contributed by atoms with Gasteiger partial charge in [0.25, 0.3) is 0 Å². The Morgan fingerprint density at radius 2 is 2.10 bits per heavy atom. The predicted octanol–water partition coefficient (Wildman–Crippen LogP) is 3.29. The maximum absolute atomic E-state index is 5.69. The fourth-order valence-electron chi connectivity index (χ4n) is 2.27. The van der Waals surface area contributed by atoms with Gasteiger partial charge in [-0.05, 0) is 38.4 Å². The van der Waals surface area contributed by atoms with Crippen molar-refractivity contribution in [2.45, 2.75) is 47.2 Å². The Hall–Kier alpha value is -1.14. The van der Waals surface area contributed by atoms with Gasteiger partial charge in [-0.2, -0.15) is 5.10 Å². The molecule has 0 aliphatic carbocycles. The molecule has 0 aliphatic heterocycles. The third-order valence-corrected chi connectivity index (χ3v) is 3.75. The van der Waals surface area contributed by atoms with E-state index in [1.165, 1.54) is 0 Å². The van der Waals surface area contributed by atoms with E-state index in [-0.39, 0.29) is 0 Å². The van der Waals surface area contributed by atoms with Crippen LogP contribution in [0.4, 0.5) is 0 Å². The van der Waals surface area contributed by atoms with E-state index in [9.17, 15) is 0 Å². The van der Waals surface area contributed by atoms with Crippen molar-refractivity contribution >= 4 is 23.4 Å². The van der Waals surface area contributed by atoms with Crippen LogP contribution in [0.3, 0.4) is 0 Å². The van der Waals surface area contributed by atoms with Gasteiger partial charge >= 0.3 is 0 Å². The number of hydrogen-bond donors (Lipinski definition) is 1. The third kappa shape index (κ3) is 3.12. The number of nitrogens with one attached hydrogen (secondary N) is 1. The molecule has 0 amide bonds. The molecule has 0 saturated heterocycles. The first-order valence-corrected chi connectivity index (χ1v) is 7.69. The molecular weight excluding hydrogens is 272 g/mol. The highest BCUT2D eigenvalue weighted by Crippen LogP contribution is 2.17. The lowest BCUT2D eigenvalue weighted by Crippen LogP contribution is -2.10. The molecule has 0 radical (unpaired) electrons. The zero-order valence-electron chi connectivity index (χ0n) is 12.8. The molecule has 0 bridgehead atoms. The van der Waals surface area contributed by atoms with E-state index in [0.717, 1.165) is 47.7 Å². The Morgan fingerprint density at radius 1 is 1.35 bits per heavy atom. The second kappa shape index (κ2) is 6.54. The summed E-state index contributed by atoms with van der Waals surface area (Å²) in [5.41, 5.74) is 3.11. The predicted molar refractivity (Wildman–Crippen MR) is 83.6 cm³/mol. The number of imidazole rings is 1. The number of aromatic amines is 1. The average Bonchev–Trinajstić information content (AvgIpc) is 2.87. The highest BCUT2D eigenvalue weighted by molar-refractivity contribution is 7.71. The molecule has 2 aromatic heterocycles. The summed E-state index contributed by atoms with van der Waals surface area (Å²) in [4.78, 5) is 3.25. The van der Waals surface area contributed by atoms with Crippen molar-refractivity contribution < 1.29 is 4.74 Å². The minimum atomic E-state index is 0.681. The number of ether oxygens (including phenoxy) is 1. The lowest BCUT2D eigenvalue weighted by atomic mass is 10.1. The Balaban J connectivity index is 2.09. The molecule has 0 fully saturated rings. The summed E-state index contributed by atoms with van der Waals surface area (Å²) in [5, 5.41) is 4.52. The quantitative estimate of drug-likeness (QED) is 0.630. The van der Waals surface area contributed by atoms with Gasteiger partial charge in [-0.15, -0.1) is 0 Å².